The third kappa shape index (κ3) is 5.87. The van der Waals surface area contributed by atoms with E-state index in [0.717, 1.165) is 33.6 Å². The minimum atomic E-state index is -4.37. The molecule has 4 N–H and O–H groups in total. The van der Waals surface area contributed by atoms with Gasteiger partial charge in [-0.25, -0.2) is 9.97 Å². The number of alkyl halides is 3. The predicted molar refractivity (Wildman–Crippen MR) is 127 cm³/mol. The van der Waals surface area contributed by atoms with Crippen LogP contribution in [0.5, 0.6) is 0 Å². The summed E-state index contributed by atoms with van der Waals surface area (Å²) in [5.74, 6) is 0.212. The van der Waals surface area contributed by atoms with E-state index in [1.807, 2.05) is 32.0 Å². The van der Waals surface area contributed by atoms with Crippen LogP contribution in [0, 0.1) is 13.8 Å². The Labute approximate surface area is 196 Å². The van der Waals surface area contributed by atoms with Gasteiger partial charge in [-0.2, -0.15) is 13.2 Å². The van der Waals surface area contributed by atoms with Crippen LogP contribution >= 0.6 is 11.3 Å². The summed E-state index contributed by atoms with van der Waals surface area (Å²) >= 11 is 1.38. The number of halogens is 3. The number of nitrogens with zero attached hydrogens (tertiary/aromatic N) is 2. The molecule has 0 saturated heterocycles. The lowest BCUT2D eigenvalue weighted by atomic mass is 10.1. The Morgan fingerprint density at radius 1 is 1.12 bits per heavy atom. The number of rotatable bonds is 4. The number of hydrogen-bond acceptors (Lipinski definition) is 6. The molecule has 2 aromatic heterocycles. The lowest BCUT2D eigenvalue weighted by Gasteiger charge is -2.08. The molecule has 0 aliphatic heterocycles. The average Bonchev–Trinajstić information content (AvgIpc) is 3.22. The first-order chi connectivity index (χ1) is 16.1. The van der Waals surface area contributed by atoms with Gasteiger partial charge in [0, 0.05) is 16.8 Å². The first kappa shape index (κ1) is 24.6. The predicted octanol–water partition coefficient (Wildman–Crippen LogP) is 5.42. The number of carbonyl (C=O) groups is 2. The zero-order chi connectivity index (χ0) is 24.9. The van der Waals surface area contributed by atoms with Crippen molar-refractivity contribution in [1.82, 2.24) is 9.97 Å². The number of aromatic nitrogens is 2. The topological polar surface area (TPSA) is 110 Å². The quantitative estimate of drug-likeness (QED) is 0.333. The molecular weight excluding hydrogens is 467 g/mol. The number of aryl methyl sites for hydroxylation is 2. The highest BCUT2D eigenvalue weighted by molar-refractivity contribution is 7.18. The Morgan fingerprint density at radius 3 is 2.59 bits per heavy atom. The normalized spacial score (nSPS) is 10.9. The molecule has 11 heteroatoms. The van der Waals surface area contributed by atoms with Gasteiger partial charge >= 0.3 is 6.18 Å². The Hall–Kier alpha value is -3.99. The lowest BCUT2D eigenvalue weighted by Crippen LogP contribution is -2.12. The highest BCUT2D eigenvalue weighted by atomic mass is 32.1. The van der Waals surface area contributed by atoms with Crippen molar-refractivity contribution in [3.8, 4) is 0 Å². The Bertz CT molecular complexity index is 1340. The third-order valence-electron chi connectivity index (χ3n) is 4.68. The Balaban J connectivity index is 0.000000215. The average molecular weight is 488 g/mol. The molecule has 0 unspecified atom stereocenters. The molecule has 0 aliphatic rings. The first-order valence-electron chi connectivity index (χ1n) is 9.84. The van der Waals surface area contributed by atoms with Crippen LogP contribution in [0.1, 0.15) is 27.0 Å². The summed E-state index contributed by atoms with van der Waals surface area (Å²) in [7, 11) is 0. The summed E-state index contributed by atoms with van der Waals surface area (Å²) in [4.78, 5) is 30.5. The van der Waals surface area contributed by atoms with Crippen molar-refractivity contribution in [3.05, 3.63) is 76.4 Å². The van der Waals surface area contributed by atoms with Crippen LogP contribution in [0.4, 0.5) is 30.4 Å². The number of thiophene rings is 1. The zero-order valence-electron chi connectivity index (χ0n) is 18.1. The SMILES string of the molecule is Cc1ccc(C)c(NC(=O)c2csc3c(N)ncnc23)c1.O=CNc1cccc(C(F)(F)F)c1. The Kier molecular flexibility index (Phi) is 7.47. The molecule has 0 aliphatic carbocycles. The lowest BCUT2D eigenvalue weighted by molar-refractivity contribution is -0.137. The van der Waals surface area contributed by atoms with Crippen LogP contribution in [0.3, 0.4) is 0 Å². The molecule has 2 aromatic carbocycles. The number of carbonyl (C=O) groups excluding carboxylic acids is 2. The minimum Gasteiger partial charge on any atom is -0.382 e. The molecule has 0 spiro atoms. The smallest absolute Gasteiger partial charge is 0.382 e. The molecule has 0 fully saturated rings. The molecule has 34 heavy (non-hydrogen) atoms. The summed E-state index contributed by atoms with van der Waals surface area (Å²) in [6.07, 6.45) is -2.67. The van der Waals surface area contributed by atoms with E-state index >= 15 is 0 Å². The molecule has 4 aromatic rings. The Morgan fingerprint density at radius 2 is 1.88 bits per heavy atom. The molecule has 7 nitrogen and oxygen atoms in total. The maximum atomic E-state index is 12.5. The fourth-order valence-corrected chi connectivity index (χ4v) is 3.85. The van der Waals surface area contributed by atoms with Gasteiger partial charge < -0.3 is 16.4 Å². The molecule has 4 rings (SSSR count). The number of hydrogen-bond donors (Lipinski definition) is 3. The fraction of sp³-hybridized carbons (Fsp3) is 0.130. The van der Waals surface area contributed by atoms with Gasteiger partial charge in [-0.1, -0.05) is 18.2 Å². The van der Waals surface area contributed by atoms with Gasteiger partial charge in [0.25, 0.3) is 5.91 Å². The molecule has 2 heterocycles. The number of nitrogens with two attached hydrogens (primary N) is 1. The molecular formula is C23H20F3N5O2S. The second-order valence-electron chi connectivity index (χ2n) is 7.20. The summed E-state index contributed by atoms with van der Waals surface area (Å²) in [5.41, 5.74) is 9.17. The van der Waals surface area contributed by atoms with E-state index in [1.165, 1.54) is 29.8 Å². The van der Waals surface area contributed by atoms with Crippen molar-refractivity contribution < 1.29 is 22.8 Å². The van der Waals surface area contributed by atoms with E-state index in [4.69, 9.17) is 5.73 Å². The van der Waals surface area contributed by atoms with Crippen molar-refractivity contribution in [3.63, 3.8) is 0 Å². The van der Waals surface area contributed by atoms with Crippen molar-refractivity contribution >= 4 is 51.1 Å². The number of nitrogens with one attached hydrogen (secondary N) is 2. The van der Waals surface area contributed by atoms with Gasteiger partial charge in [-0.15, -0.1) is 11.3 Å². The van der Waals surface area contributed by atoms with Gasteiger partial charge in [0.1, 0.15) is 12.1 Å². The van der Waals surface area contributed by atoms with E-state index in [9.17, 15) is 22.8 Å². The summed E-state index contributed by atoms with van der Waals surface area (Å²) in [6.45, 7) is 3.95. The van der Waals surface area contributed by atoms with Crippen LogP contribution in [0.15, 0.2) is 54.2 Å². The molecule has 0 atom stereocenters. The maximum Gasteiger partial charge on any atom is 0.416 e. The van der Waals surface area contributed by atoms with Crippen molar-refractivity contribution in [2.24, 2.45) is 0 Å². The van der Waals surface area contributed by atoms with Crippen LogP contribution < -0.4 is 16.4 Å². The monoisotopic (exact) mass is 487 g/mol. The van der Waals surface area contributed by atoms with Crippen molar-refractivity contribution in [2.75, 3.05) is 16.4 Å². The van der Waals surface area contributed by atoms with Crippen molar-refractivity contribution in [1.29, 1.82) is 0 Å². The van der Waals surface area contributed by atoms with E-state index in [1.54, 1.807) is 5.38 Å². The maximum absolute atomic E-state index is 12.5. The zero-order valence-corrected chi connectivity index (χ0v) is 18.9. The van der Waals surface area contributed by atoms with E-state index in [-0.39, 0.29) is 11.6 Å². The number of anilines is 3. The number of nitrogen functional groups attached to an aromatic ring is 1. The second kappa shape index (κ2) is 10.3. The highest BCUT2D eigenvalue weighted by Crippen LogP contribution is 2.30. The summed E-state index contributed by atoms with van der Waals surface area (Å²) in [6, 6.07) is 10.4. The van der Waals surface area contributed by atoms with Gasteiger partial charge in [-0.3, -0.25) is 9.59 Å². The van der Waals surface area contributed by atoms with Gasteiger partial charge in [0.15, 0.2) is 0 Å². The summed E-state index contributed by atoms with van der Waals surface area (Å²) in [5, 5.41) is 6.83. The van der Waals surface area contributed by atoms with E-state index in [0.29, 0.717) is 23.3 Å². The highest BCUT2D eigenvalue weighted by Gasteiger charge is 2.30. The van der Waals surface area contributed by atoms with Crippen LogP contribution in [-0.4, -0.2) is 22.3 Å². The minimum absolute atomic E-state index is 0.129. The number of amides is 2. The fourth-order valence-electron chi connectivity index (χ4n) is 2.94. The number of fused-ring (bicyclic) bond motifs is 1. The van der Waals surface area contributed by atoms with Crippen LogP contribution in [-0.2, 0) is 11.0 Å². The number of benzene rings is 2. The third-order valence-corrected chi connectivity index (χ3v) is 5.67. The first-order valence-corrected chi connectivity index (χ1v) is 10.7. The van der Waals surface area contributed by atoms with Gasteiger partial charge in [-0.05, 0) is 49.2 Å². The van der Waals surface area contributed by atoms with E-state index in [2.05, 4.69) is 20.6 Å². The summed E-state index contributed by atoms with van der Waals surface area (Å²) < 4.78 is 37.0. The molecule has 176 valence electrons. The largest absolute Gasteiger partial charge is 0.416 e. The molecule has 0 radical (unpaired) electrons. The van der Waals surface area contributed by atoms with E-state index < -0.39 is 11.7 Å². The van der Waals surface area contributed by atoms with Gasteiger partial charge in [0.2, 0.25) is 6.41 Å². The van der Waals surface area contributed by atoms with Crippen molar-refractivity contribution in [2.45, 2.75) is 20.0 Å². The molecule has 0 saturated carbocycles. The van der Waals surface area contributed by atoms with Gasteiger partial charge in [0.05, 0.1) is 21.3 Å². The molecule has 2 amide bonds. The van der Waals surface area contributed by atoms with Crippen LogP contribution in [0.2, 0.25) is 0 Å². The standard InChI is InChI=1S/C15H14N4OS.C8H6F3NO/c1-8-3-4-9(2)11(5-8)19-15(20)10-6-21-13-12(10)17-7-18-14(13)16;9-8(10,11)6-2-1-3-7(4-6)12-5-13/h3-7H,1-2H3,(H,19,20)(H2,16,17,18);1-5H,(H,12,13). The molecule has 0 bridgehead atoms. The second-order valence-corrected chi connectivity index (χ2v) is 8.08. The van der Waals surface area contributed by atoms with Crippen LogP contribution in [0.25, 0.3) is 10.2 Å².